The van der Waals surface area contributed by atoms with Gasteiger partial charge in [0.2, 0.25) is 0 Å². The number of nitrogens with one attached hydrogen (secondary N) is 2. The Bertz CT molecular complexity index is 718. The van der Waals surface area contributed by atoms with Crippen molar-refractivity contribution in [3.63, 3.8) is 0 Å². The van der Waals surface area contributed by atoms with E-state index in [1.54, 1.807) is 24.3 Å². The number of anilines is 3. The maximum absolute atomic E-state index is 12.1. The summed E-state index contributed by atoms with van der Waals surface area (Å²) in [6, 6.07) is 7.02. The van der Waals surface area contributed by atoms with Crippen LogP contribution in [0.15, 0.2) is 35.1 Å². The third kappa shape index (κ3) is 3.74. The topological polar surface area (TPSA) is 105 Å². The van der Waals surface area contributed by atoms with Crippen LogP contribution in [-0.4, -0.2) is 42.2 Å². The summed E-state index contributed by atoms with van der Waals surface area (Å²) >= 11 is 3.33. The van der Waals surface area contributed by atoms with Crippen LogP contribution in [0.1, 0.15) is 10.4 Å². The Morgan fingerprint density at radius 3 is 2.62 bits per heavy atom. The summed E-state index contributed by atoms with van der Waals surface area (Å²) in [7, 11) is 0. The van der Waals surface area contributed by atoms with E-state index in [0.717, 1.165) is 4.47 Å². The summed E-state index contributed by atoms with van der Waals surface area (Å²) in [6.45, 7) is 2.69. The standard InChI is InChI=1S/C15H17BrN6O2/c16-11-3-1-10(2-4-11)15(23)21-20-13-12(17)14(19-9-18-13)22-5-7-24-8-6-22/h1-4,9H,5-8,17H2,(H,21,23)(H,18,19,20). The first-order chi connectivity index (χ1) is 11.6. The highest BCUT2D eigenvalue weighted by Crippen LogP contribution is 2.26. The van der Waals surface area contributed by atoms with Crippen molar-refractivity contribution in [3.8, 4) is 0 Å². The highest BCUT2D eigenvalue weighted by atomic mass is 79.9. The molecule has 0 unspecified atom stereocenters. The monoisotopic (exact) mass is 392 g/mol. The fourth-order valence-corrected chi connectivity index (χ4v) is 2.57. The Morgan fingerprint density at radius 2 is 1.92 bits per heavy atom. The lowest BCUT2D eigenvalue weighted by Crippen LogP contribution is -2.37. The van der Waals surface area contributed by atoms with Crippen LogP contribution in [0.25, 0.3) is 0 Å². The molecule has 1 aliphatic heterocycles. The Morgan fingerprint density at radius 1 is 1.21 bits per heavy atom. The summed E-state index contributed by atoms with van der Waals surface area (Å²) in [5.41, 5.74) is 12.4. The number of carbonyl (C=O) groups excluding carboxylic acids is 1. The van der Waals surface area contributed by atoms with Crippen molar-refractivity contribution in [3.05, 3.63) is 40.6 Å². The number of carbonyl (C=O) groups is 1. The van der Waals surface area contributed by atoms with E-state index in [1.165, 1.54) is 6.33 Å². The SMILES string of the molecule is Nc1c(NNC(=O)c2ccc(Br)cc2)ncnc1N1CCOCC1. The zero-order valence-electron chi connectivity index (χ0n) is 12.8. The van der Waals surface area contributed by atoms with Gasteiger partial charge < -0.3 is 15.4 Å². The van der Waals surface area contributed by atoms with Gasteiger partial charge in [-0.2, -0.15) is 0 Å². The summed E-state index contributed by atoms with van der Waals surface area (Å²) in [5.74, 6) is 0.707. The molecular formula is C15H17BrN6O2. The van der Waals surface area contributed by atoms with Gasteiger partial charge in [-0.25, -0.2) is 9.97 Å². The molecular weight excluding hydrogens is 376 g/mol. The van der Waals surface area contributed by atoms with Gasteiger partial charge in [0.05, 0.1) is 13.2 Å². The number of aromatic nitrogens is 2. The molecule has 2 aromatic rings. The van der Waals surface area contributed by atoms with E-state index in [1.807, 2.05) is 4.90 Å². The fourth-order valence-electron chi connectivity index (χ4n) is 2.30. The second kappa shape index (κ2) is 7.45. The molecule has 4 N–H and O–H groups in total. The Balaban J connectivity index is 1.68. The van der Waals surface area contributed by atoms with Crippen LogP contribution >= 0.6 is 15.9 Å². The summed E-state index contributed by atoms with van der Waals surface area (Å²) in [5, 5.41) is 0. The molecule has 1 aromatic heterocycles. The molecule has 1 amide bonds. The normalized spacial score (nSPS) is 14.3. The predicted octanol–water partition coefficient (Wildman–Crippen LogP) is 1.41. The number of rotatable bonds is 4. The van der Waals surface area contributed by atoms with Gasteiger partial charge in [-0.05, 0) is 24.3 Å². The van der Waals surface area contributed by atoms with Gasteiger partial charge in [0.15, 0.2) is 11.6 Å². The molecule has 0 atom stereocenters. The number of amides is 1. The molecule has 24 heavy (non-hydrogen) atoms. The number of ether oxygens (including phenoxy) is 1. The van der Waals surface area contributed by atoms with Crippen LogP contribution in [-0.2, 0) is 4.74 Å². The maximum atomic E-state index is 12.1. The second-order valence-corrected chi connectivity index (χ2v) is 6.06. The van der Waals surface area contributed by atoms with E-state index in [4.69, 9.17) is 10.5 Å². The molecule has 0 saturated carbocycles. The van der Waals surface area contributed by atoms with Crippen molar-refractivity contribution < 1.29 is 9.53 Å². The van der Waals surface area contributed by atoms with Crippen molar-refractivity contribution in [1.82, 2.24) is 15.4 Å². The largest absolute Gasteiger partial charge is 0.393 e. The minimum absolute atomic E-state index is 0.284. The number of nitrogen functional groups attached to an aromatic ring is 1. The molecule has 0 spiro atoms. The van der Waals surface area contributed by atoms with Crippen LogP contribution in [0, 0.1) is 0 Å². The molecule has 9 heteroatoms. The Hall–Kier alpha value is -2.39. The van der Waals surface area contributed by atoms with Gasteiger partial charge in [-0.15, -0.1) is 0 Å². The number of nitrogens with two attached hydrogens (primary N) is 1. The van der Waals surface area contributed by atoms with Gasteiger partial charge in [0.1, 0.15) is 12.0 Å². The van der Waals surface area contributed by atoms with Gasteiger partial charge in [0, 0.05) is 23.1 Å². The van der Waals surface area contributed by atoms with E-state index in [9.17, 15) is 4.79 Å². The fraction of sp³-hybridized carbons (Fsp3) is 0.267. The van der Waals surface area contributed by atoms with Crippen molar-refractivity contribution in [1.29, 1.82) is 0 Å². The minimum atomic E-state index is -0.284. The number of morpholine rings is 1. The number of nitrogens with zero attached hydrogens (tertiary/aromatic N) is 3. The van der Waals surface area contributed by atoms with Crippen molar-refractivity contribution in [2.75, 3.05) is 42.4 Å². The van der Waals surface area contributed by atoms with Gasteiger partial charge in [-0.3, -0.25) is 15.6 Å². The first-order valence-corrected chi connectivity index (χ1v) is 8.19. The number of benzene rings is 1. The zero-order valence-corrected chi connectivity index (χ0v) is 14.4. The first kappa shape index (κ1) is 16.5. The number of halogens is 1. The Labute approximate surface area is 147 Å². The van der Waals surface area contributed by atoms with Crippen molar-refractivity contribution >= 4 is 39.2 Å². The molecule has 1 aromatic carbocycles. The van der Waals surface area contributed by atoms with Crippen molar-refractivity contribution in [2.45, 2.75) is 0 Å². The lowest BCUT2D eigenvalue weighted by atomic mass is 10.2. The van der Waals surface area contributed by atoms with E-state index in [0.29, 0.717) is 49.2 Å². The van der Waals surface area contributed by atoms with Crippen LogP contribution in [0.4, 0.5) is 17.3 Å². The molecule has 126 valence electrons. The van der Waals surface area contributed by atoms with Crippen molar-refractivity contribution in [2.24, 2.45) is 0 Å². The third-order valence-corrected chi connectivity index (χ3v) is 4.10. The van der Waals surface area contributed by atoms with Gasteiger partial charge in [0.25, 0.3) is 5.91 Å². The van der Waals surface area contributed by atoms with E-state index in [2.05, 4.69) is 36.7 Å². The number of hydrogen-bond donors (Lipinski definition) is 3. The molecule has 1 saturated heterocycles. The number of hydrogen-bond acceptors (Lipinski definition) is 7. The smallest absolute Gasteiger partial charge is 0.269 e. The summed E-state index contributed by atoms with van der Waals surface area (Å²) < 4.78 is 6.23. The lowest BCUT2D eigenvalue weighted by molar-refractivity contribution is 0.0962. The van der Waals surface area contributed by atoms with Crippen LogP contribution in [0.5, 0.6) is 0 Å². The predicted molar refractivity (Wildman–Crippen MR) is 94.7 cm³/mol. The quantitative estimate of drug-likeness (QED) is 0.675. The molecule has 0 aliphatic carbocycles. The molecule has 2 heterocycles. The van der Waals surface area contributed by atoms with E-state index >= 15 is 0 Å². The van der Waals surface area contributed by atoms with Gasteiger partial charge >= 0.3 is 0 Å². The second-order valence-electron chi connectivity index (χ2n) is 5.14. The molecule has 1 aliphatic rings. The van der Waals surface area contributed by atoms with Crippen LogP contribution < -0.4 is 21.5 Å². The zero-order chi connectivity index (χ0) is 16.9. The lowest BCUT2D eigenvalue weighted by Gasteiger charge is -2.28. The van der Waals surface area contributed by atoms with Crippen LogP contribution in [0.3, 0.4) is 0 Å². The highest BCUT2D eigenvalue weighted by molar-refractivity contribution is 9.10. The minimum Gasteiger partial charge on any atom is -0.393 e. The summed E-state index contributed by atoms with van der Waals surface area (Å²) in [6.07, 6.45) is 1.41. The Kier molecular flexibility index (Phi) is 5.11. The molecule has 0 radical (unpaired) electrons. The highest BCUT2D eigenvalue weighted by Gasteiger charge is 2.18. The molecule has 0 bridgehead atoms. The van der Waals surface area contributed by atoms with Crippen LogP contribution in [0.2, 0.25) is 0 Å². The van der Waals surface area contributed by atoms with E-state index in [-0.39, 0.29) is 5.91 Å². The first-order valence-electron chi connectivity index (χ1n) is 7.40. The molecule has 3 rings (SSSR count). The number of hydrazine groups is 1. The third-order valence-electron chi connectivity index (χ3n) is 3.57. The average Bonchev–Trinajstić information content (AvgIpc) is 2.62. The average molecular weight is 393 g/mol. The molecule has 8 nitrogen and oxygen atoms in total. The molecule has 1 fully saturated rings. The summed E-state index contributed by atoms with van der Waals surface area (Å²) in [4.78, 5) is 22.5. The maximum Gasteiger partial charge on any atom is 0.269 e. The van der Waals surface area contributed by atoms with E-state index < -0.39 is 0 Å². The van der Waals surface area contributed by atoms with Gasteiger partial charge in [-0.1, -0.05) is 15.9 Å².